The van der Waals surface area contributed by atoms with Gasteiger partial charge in [0.2, 0.25) is 0 Å². The maximum absolute atomic E-state index is 11.2. The van der Waals surface area contributed by atoms with E-state index in [1.165, 1.54) is 6.92 Å². The Morgan fingerprint density at radius 1 is 1.20 bits per heavy atom. The fraction of sp³-hybridized carbons (Fsp3) is 0.667. The van der Waals surface area contributed by atoms with Crippen LogP contribution < -0.4 is 5.73 Å². The van der Waals surface area contributed by atoms with Gasteiger partial charge in [-0.05, 0) is 19.8 Å². The molecule has 1 aliphatic rings. The molecule has 0 aromatic heterocycles. The average molecular weight is 215 g/mol. The third-order valence-electron chi connectivity index (χ3n) is 2.92. The van der Waals surface area contributed by atoms with E-state index in [0.717, 1.165) is 0 Å². The minimum absolute atomic E-state index is 0.103. The standard InChI is InChI=1S/C9H13NO5/c1-4(11)5-2-9(10,8(14)15)3-6(5)7(12)13/h5-6H,2-3,10H2,1H3,(H,12,13)(H,14,15)/t5-,6-,9+/m0/s1. The Morgan fingerprint density at radius 2 is 1.67 bits per heavy atom. The Kier molecular flexibility index (Phi) is 2.81. The number of carboxylic acid groups (broad SMARTS) is 2. The lowest BCUT2D eigenvalue weighted by Crippen LogP contribution is -2.46. The van der Waals surface area contributed by atoms with Gasteiger partial charge in [0.1, 0.15) is 11.3 Å². The minimum atomic E-state index is -1.58. The molecule has 3 atom stereocenters. The van der Waals surface area contributed by atoms with Crippen LogP contribution in [-0.4, -0.2) is 33.5 Å². The lowest BCUT2D eigenvalue weighted by Gasteiger charge is -2.17. The molecule has 0 bridgehead atoms. The largest absolute Gasteiger partial charge is 0.481 e. The van der Waals surface area contributed by atoms with Crippen molar-refractivity contribution >= 4 is 17.7 Å². The Labute approximate surface area is 86.1 Å². The Hall–Kier alpha value is -1.43. The smallest absolute Gasteiger partial charge is 0.323 e. The molecule has 1 saturated carbocycles. The van der Waals surface area contributed by atoms with Gasteiger partial charge in [0, 0.05) is 5.92 Å². The molecule has 15 heavy (non-hydrogen) atoms. The van der Waals surface area contributed by atoms with E-state index in [1.807, 2.05) is 0 Å². The van der Waals surface area contributed by atoms with Gasteiger partial charge < -0.3 is 15.9 Å². The zero-order valence-corrected chi connectivity index (χ0v) is 8.27. The first kappa shape index (κ1) is 11.6. The summed E-state index contributed by atoms with van der Waals surface area (Å²) in [5.74, 6) is -4.51. The molecule has 0 radical (unpaired) electrons. The summed E-state index contributed by atoms with van der Waals surface area (Å²) in [6, 6.07) is 0. The van der Waals surface area contributed by atoms with Crippen LogP contribution in [0.25, 0.3) is 0 Å². The van der Waals surface area contributed by atoms with Gasteiger partial charge in [-0.3, -0.25) is 14.4 Å². The lowest BCUT2D eigenvalue weighted by molar-refractivity contribution is -0.145. The van der Waals surface area contributed by atoms with Crippen LogP contribution in [0, 0.1) is 11.8 Å². The van der Waals surface area contributed by atoms with Gasteiger partial charge in [-0.1, -0.05) is 0 Å². The number of Topliss-reactive ketones (excluding diaryl/α,β-unsaturated/α-hetero) is 1. The number of carbonyl (C=O) groups excluding carboxylic acids is 1. The highest BCUT2D eigenvalue weighted by Gasteiger charge is 2.52. The van der Waals surface area contributed by atoms with Crippen molar-refractivity contribution in [2.45, 2.75) is 25.3 Å². The second-order valence-corrected chi connectivity index (χ2v) is 4.03. The Morgan fingerprint density at radius 3 is 1.93 bits per heavy atom. The normalized spacial score (nSPS) is 35.1. The van der Waals surface area contributed by atoms with Crippen LogP contribution in [0.2, 0.25) is 0 Å². The topological polar surface area (TPSA) is 118 Å². The number of hydrogen-bond donors (Lipinski definition) is 3. The molecule has 1 rings (SSSR count). The summed E-state index contributed by atoms with van der Waals surface area (Å²) in [6.45, 7) is 1.26. The first-order valence-electron chi connectivity index (χ1n) is 4.53. The second kappa shape index (κ2) is 3.62. The molecule has 0 aliphatic heterocycles. The van der Waals surface area contributed by atoms with E-state index in [0.29, 0.717) is 0 Å². The summed E-state index contributed by atoms with van der Waals surface area (Å²) in [6.07, 6.45) is -0.295. The highest BCUT2D eigenvalue weighted by atomic mass is 16.4. The molecule has 84 valence electrons. The van der Waals surface area contributed by atoms with E-state index in [9.17, 15) is 14.4 Å². The summed E-state index contributed by atoms with van der Waals surface area (Å²) >= 11 is 0. The van der Waals surface area contributed by atoms with Crippen molar-refractivity contribution in [3.05, 3.63) is 0 Å². The van der Waals surface area contributed by atoms with Crippen LogP contribution in [0.1, 0.15) is 19.8 Å². The Bertz CT molecular complexity index is 302. The van der Waals surface area contributed by atoms with Crippen molar-refractivity contribution in [1.29, 1.82) is 0 Å². The quantitative estimate of drug-likeness (QED) is 0.582. The average Bonchev–Trinajstić information content (AvgIpc) is 2.45. The number of carbonyl (C=O) groups is 3. The van der Waals surface area contributed by atoms with Gasteiger partial charge in [-0.2, -0.15) is 0 Å². The molecule has 6 nitrogen and oxygen atoms in total. The van der Waals surface area contributed by atoms with E-state index >= 15 is 0 Å². The molecular formula is C9H13NO5. The molecule has 0 spiro atoms. The van der Waals surface area contributed by atoms with E-state index in [2.05, 4.69) is 0 Å². The van der Waals surface area contributed by atoms with Crippen LogP contribution >= 0.6 is 0 Å². The van der Waals surface area contributed by atoms with Crippen LogP contribution in [0.5, 0.6) is 0 Å². The summed E-state index contributed by atoms with van der Waals surface area (Å²) in [4.78, 5) is 32.8. The van der Waals surface area contributed by atoms with E-state index in [4.69, 9.17) is 15.9 Å². The minimum Gasteiger partial charge on any atom is -0.481 e. The molecule has 4 N–H and O–H groups in total. The molecule has 0 heterocycles. The van der Waals surface area contributed by atoms with Crippen molar-refractivity contribution in [1.82, 2.24) is 0 Å². The van der Waals surface area contributed by atoms with Crippen molar-refractivity contribution in [2.24, 2.45) is 17.6 Å². The lowest BCUT2D eigenvalue weighted by atomic mass is 9.93. The molecule has 0 aromatic rings. The van der Waals surface area contributed by atoms with Crippen molar-refractivity contribution in [3.63, 3.8) is 0 Å². The zero-order valence-electron chi connectivity index (χ0n) is 8.27. The third-order valence-corrected chi connectivity index (χ3v) is 2.92. The highest BCUT2D eigenvalue weighted by Crippen LogP contribution is 2.38. The maximum atomic E-state index is 11.2. The molecular weight excluding hydrogens is 202 g/mol. The molecule has 0 saturated heterocycles. The summed E-state index contributed by atoms with van der Waals surface area (Å²) < 4.78 is 0. The van der Waals surface area contributed by atoms with Crippen LogP contribution in [-0.2, 0) is 14.4 Å². The van der Waals surface area contributed by atoms with Gasteiger partial charge >= 0.3 is 11.9 Å². The van der Waals surface area contributed by atoms with Crippen molar-refractivity contribution in [3.8, 4) is 0 Å². The van der Waals surface area contributed by atoms with Gasteiger partial charge in [-0.15, -0.1) is 0 Å². The zero-order chi connectivity index (χ0) is 11.8. The van der Waals surface area contributed by atoms with Crippen LogP contribution in [0.3, 0.4) is 0 Å². The summed E-state index contributed by atoms with van der Waals surface area (Å²) in [7, 11) is 0. The van der Waals surface area contributed by atoms with Crippen LogP contribution in [0.4, 0.5) is 0 Å². The fourth-order valence-corrected chi connectivity index (χ4v) is 2.01. The van der Waals surface area contributed by atoms with Crippen LogP contribution in [0.15, 0.2) is 0 Å². The fourth-order valence-electron chi connectivity index (χ4n) is 2.01. The number of nitrogens with two attached hydrogens (primary N) is 1. The van der Waals surface area contributed by atoms with Gasteiger partial charge in [-0.25, -0.2) is 0 Å². The monoisotopic (exact) mass is 215 g/mol. The van der Waals surface area contributed by atoms with Gasteiger partial charge in [0.05, 0.1) is 5.92 Å². The Balaban J connectivity index is 2.97. The number of rotatable bonds is 3. The highest BCUT2D eigenvalue weighted by molar-refractivity contribution is 5.89. The molecule has 1 fully saturated rings. The summed E-state index contributed by atoms with van der Waals surface area (Å²) in [5.41, 5.74) is 3.96. The molecule has 6 heteroatoms. The predicted molar refractivity (Wildman–Crippen MR) is 49.1 cm³/mol. The SMILES string of the molecule is CC(=O)[C@@H]1C[C@](N)(C(=O)O)C[C@@H]1C(=O)O. The van der Waals surface area contributed by atoms with Gasteiger partial charge in [0.15, 0.2) is 0 Å². The predicted octanol–water partition coefficient (Wildman–Crippen LogP) is -0.532. The summed E-state index contributed by atoms with van der Waals surface area (Å²) in [5, 5.41) is 17.7. The number of hydrogen-bond acceptors (Lipinski definition) is 4. The third kappa shape index (κ3) is 1.99. The first-order valence-corrected chi connectivity index (χ1v) is 4.53. The molecule has 0 aromatic carbocycles. The van der Waals surface area contributed by atoms with E-state index in [1.54, 1.807) is 0 Å². The van der Waals surface area contributed by atoms with Crippen molar-refractivity contribution < 1.29 is 24.6 Å². The number of aliphatic carboxylic acids is 2. The molecule has 0 amide bonds. The molecule has 0 unspecified atom stereocenters. The number of ketones is 1. The first-order chi connectivity index (χ1) is 6.78. The maximum Gasteiger partial charge on any atom is 0.323 e. The second-order valence-electron chi connectivity index (χ2n) is 4.03. The van der Waals surface area contributed by atoms with Gasteiger partial charge in [0.25, 0.3) is 0 Å². The van der Waals surface area contributed by atoms with E-state index < -0.39 is 29.3 Å². The van der Waals surface area contributed by atoms with Crippen molar-refractivity contribution in [2.75, 3.05) is 0 Å². The molecule has 1 aliphatic carbocycles. The van der Waals surface area contributed by atoms with E-state index in [-0.39, 0.29) is 18.6 Å². The number of carboxylic acids is 2.